The van der Waals surface area contributed by atoms with Gasteiger partial charge in [0.25, 0.3) is 0 Å². The van der Waals surface area contributed by atoms with Crippen LogP contribution in [0.15, 0.2) is 12.2 Å². The minimum absolute atomic E-state index is 0.0469. The van der Waals surface area contributed by atoms with E-state index >= 15 is 0 Å². The van der Waals surface area contributed by atoms with E-state index in [1.54, 1.807) is 0 Å². The van der Waals surface area contributed by atoms with Crippen molar-refractivity contribution >= 4 is 5.97 Å². The molecule has 4 saturated heterocycles. The van der Waals surface area contributed by atoms with Crippen molar-refractivity contribution in [3.05, 3.63) is 12.2 Å². The van der Waals surface area contributed by atoms with E-state index in [2.05, 4.69) is 13.5 Å². The summed E-state index contributed by atoms with van der Waals surface area (Å²) in [6.45, 7) is 5.74. The molecule has 4 saturated carbocycles. The average molecular weight is 967 g/mol. The summed E-state index contributed by atoms with van der Waals surface area (Å²) in [6.07, 6.45) is -27.6. The largest absolute Gasteiger partial charge is 0.432 e. The molecule has 12 unspecified atom stereocenters. The molecule has 1 spiro atoms. The van der Waals surface area contributed by atoms with E-state index in [9.17, 15) is 76.3 Å². The highest BCUT2D eigenvalue weighted by atomic mass is 16.8. The van der Waals surface area contributed by atoms with Gasteiger partial charge in [0.05, 0.1) is 37.4 Å². The molecule has 0 radical (unpaired) electrons. The molecule has 0 amide bonds. The second kappa shape index (κ2) is 19.4. The molecule has 23 heteroatoms. The monoisotopic (exact) mass is 966 g/mol. The van der Waals surface area contributed by atoms with E-state index in [0.717, 1.165) is 12.0 Å². The van der Waals surface area contributed by atoms with Crippen LogP contribution in [-0.4, -0.2) is 232 Å². The van der Waals surface area contributed by atoms with E-state index < -0.39 is 172 Å². The Balaban J connectivity index is 0.961. The Morgan fingerprint density at radius 2 is 1.10 bits per heavy atom. The van der Waals surface area contributed by atoms with Crippen molar-refractivity contribution in [3.63, 3.8) is 0 Å². The fourth-order valence-corrected chi connectivity index (χ4v) is 13.4. The SMILES string of the molecule is C=C1C[C@@]23CC[C@H]4[C@@](C)(CCC[C@@]4(C)C(=O)O[C@@H]4OC(CO[C@H]5OC(CO)[C@@H](O)C(O)C5O)[C@@H](O)C(O)C4O)[C@@H]2CC[C@]1(O[C@@H]1OC(CO)[C@@H](O)C(O)C1O[C@@H]1OC(CO)[C@@H](O)C(O)C1O)C3. The maximum Gasteiger partial charge on any atom is 0.314 e. The van der Waals surface area contributed by atoms with Crippen LogP contribution in [-0.2, 0) is 42.7 Å². The fourth-order valence-electron chi connectivity index (χ4n) is 13.4. The molecule has 14 N–H and O–H groups in total. The highest BCUT2D eigenvalue weighted by Crippen LogP contribution is 2.73. The molecular weight excluding hydrogens is 896 g/mol. The van der Waals surface area contributed by atoms with Gasteiger partial charge in [0.15, 0.2) is 18.9 Å². The van der Waals surface area contributed by atoms with Gasteiger partial charge in [-0.15, -0.1) is 0 Å². The number of carbonyl (C=O) groups excluding carboxylic acids is 1. The summed E-state index contributed by atoms with van der Waals surface area (Å²) in [5, 5.41) is 147. The van der Waals surface area contributed by atoms with Gasteiger partial charge in [-0.3, -0.25) is 4.79 Å². The molecule has 0 aromatic rings. The van der Waals surface area contributed by atoms with Gasteiger partial charge < -0.3 is 109 Å². The number of aliphatic hydroxyl groups is 14. The van der Waals surface area contributed by atoms with E-state index in [1.807, 2.05) is 6.92 Å². The van der Waals surface area contributed by atoms with Crippen LogP contribution >= 0.6 is 0 Å². The first-order valence-electron chi connectivity index (χ1n) is 23.4. The Bertz CT molecular complexity index is 1760. The summed E-state index contributed by atoms with van der Waals surface area (Å²) in [4.78, 5) is 14.5. The number of esters is 1. The lowest BCUT2D eigenvalue weighted by Crippen LogP contribution is -2.65. The topological polar surface area (TPSA) is 374 Å². The molecule has 0 aromatic carbocycles. The molecule has 26 atom stereocenters. The normalized spacial score (nSPS) is 54.5. The summed E-state index contributed by atoms with van der Waals surface area (Å²) in [7, 11) is 0. The van der Waals surface area contributed by atoms with Crippen LogP contribution in [0.4, 0.5) is 0 Å². The second-order valence-corrected chi connectivity index (χ2v) is 20.8. The van der Waals surface area contributed by atoms with Crippen LogP contribution < -0.4 is 0 Å². The molecule has 0 aromatic heterocycles. The van der Waals surface area contributed by atoms with Crippen molar-refractivity contribution in [3.8, 4) is 0 Å². The molecule has 67 heavy (non-hydrogen) atoms. The third kappa shape index (κ3) is 8.73. The zero-order chi connectivity index (χ0) is 48.7. The zero-order valence-corrected chi connectivity index (χ0v) is 37.5. The molecule has 384 valence electrons. The smallest absolute Gasteiger partial charge is 0.314 e. The van der Waals surface area contributed by atoms with Crippen LogP contribution in [0.2, 0.25) is 0 Å². The summed E-state index contributed by atoms with van der Waals surface area (Å²) >= 11 is 0. The van der Waals surface area contributed by atoms with Crippen molar-refractivity contribution in [2.24, 2.45) is 28.1 Å². The van der Waals surface area contributed by atoms with Crippen LogP contribution in [0, 0.1) is 28.1 Å². The van der Waals surface area contributed by atoms with Gasteiger partial charge >= 0.3 is 5.97 Å². The first kappa shape index (κ1) is 51.7. The summed E-state index contributed by atoms with van der Waals surface area (Å²) in [6, 6.07) is 0. The van der Waals surface area contributed by atoms with Gasteiger partial charge in [0, 0.05) is 0 Å². The second-order valence-electron chi connectivity index (χ2n) is 20.8. The minimum Gasteiger partial charge on any atom is -0.432 e. The lowest BCUT2D eigenvalue weighted by molar-refractivity contribution is -0.378. The number of hydrogen-bond acceptors (Lipinski definition) is 23. The van der Waals surface area contributed by atoms with E-state index in [-0.39, 0.29) is 17.3 Å². The minimum atomic E-state index is -1.86. The Kier molecular flexibility index (Phi) is 15.0. The standard InChI is InChI=1S/C44H70O23/c1-17-11-43-9-5-22-41(2,7-4-8-42(22,3)40(59)66-38-34(58)30(54)27(51)21(64-38)15-60-36-32(56)28(52)24(48)18(12-45)61-36)23(43)6-10-44(17,16-43)67-39-35(31(55)26(50)20(14-47)63-39)65-37-33(57)29(53)25(49)19(13-46)62-37/h18-39,45-58H,1,4-16H2,2-3H3/t18?,19?,20?,21?,22-,23-,24+,25+,26+,27+,28?,29?,30?,31?,32?,33?,34?,35?,36-,37-,38-,39-,41+,42+,43+,44-/m0/s1. The van der Waals surface area contributed by atoms with Crippen LogP contribution in [0.1, 0.15) is 71.6 Å². The predicted molar refractivity (Wildman–Crippen MR) is 219 cm³/mol. The molecule has 4 aliphatic carbocycles. The number of rotatable bonds is 12. The van der Waals surface area contributed by atoms with Crippen molar-refractivity contribution in [2.75, 3.05) is 26.4 Å². The molecule has 8 aliphatic rings. The van der Waals surface area contributed by atoms with Crippen LogP contribution in [0.3, 0.4) is 0 Å². The molecule has 4 heterocycles. The first-order chi connectivity index (χ1) is 31.6. The van der Waals surface area contributed by atoms with Crippen molar-refractivity contribution < 1.29 is 114 Å². The molecule has 23 nitrogen and oxygen atoms in total. The average Bonchev–Trinajstić information content (AvgIpc) is 3.50. The van der Waals surface area contributed by atoms with Gasteiger partial charge in [-0.2, -0.15) is 0 Å². The number of carbonyl (C=O) groups is 1. The lowest BCUT2D eigenvalue weighted by Gasteiger charge is -2.64. The van der Waals surface area contributed by atoms with Gasteiger partial charge in [-0.25, -0.2) is 0 Å². The van der Waals surface area contributed by atoms with Crippen molar-refractivity contribution in [1.82, 2.24) is 0 Å². The third-order valence-corrected chi connectivity index (χ3v) is 17.1. The first-order valence-corrected chi connectivity index (χ1v) is 23.4. The van der Waals surface area contributed by atoms with Gasteiger partial charge in [0.2, 0.25) is 6.29 Å². The Labute approximate surface area is 386 Å². The van der Waals surface area contributed by atoms with Crippen LogP contribution in [0.5, 0.6) is 0 Å². The Morgan fingerprint density at radius 3 is 1.72 bits per heavy atom. The molecule has 8 fully saturated rings. The highest BCUT2D eigenvalue weighted by Gasteiger charge is 2.69. The fraction of sp³-hybridized carbons (Fsp3) is 0.932. The quantitative estimate of drug-likeness (QED) is 0.0494. The van der Waals surface area contributed by atoms with Gasteiger partial charge in [-0.05, 0) is 86.5 Å². The number of aliphatic hydroxyl groups excluding tert-OH is 14. The molecular formula is C44H70O23. The number of hydrogen-bond donors (Lipinski definition) is 14. The van der Waals surface area contributed by atoms with Gasteiger partial charge in [-0.1, -0.05) is 19.9 Å². The van der Waals surface area contributed by atoms with Crippen LogP contribution in [0.25, 0.3) is 0 Å². The Hall–Kier alpha value is -1.63. The molecule has 4 aliphatic heterocycles. The Morgan fingerprint density at radius 1 is 0.597 bits per heavy atom. The van der Waals surface area contributed by atoms with Crippen molar-refractivity contribution in [2.45, 2.75) is 200 Å². The van der Waals surface area contributed by atoms with Crippen molar-refractivity contribution in [1.29, 1.82) is 0 Å². The molecule has 2 bridgehead atoms. The zero-order valence-electron chi connectivity index (χ0n) is 37.5. The van der Waals surface area contributed by atoms with E-state index in [4.69, 9.17) is 37.9 Å². The molecule has 8 rings (SSSR count). The predicted octanol–water partition coefficient (Wildman–Crippen LogP) is -5.11. The lowest BCUT2D eigenvalue weighted by atomic mass is 9.41. The number of ether oxygens (including phenoxy) is 8. The third-order valence-electron chi connectivity index (χ3n) is 17.1. The summed E-state index contributed by atoms with van der Waals surface area (Å²) in [5.74, 6) is -0.852. The maximum absolute atomic E-state index is 14.5. The summed E-state index contributed by atoms with van der Waals surface area (Å²) in [5.41, 5.74) is -2.17. The number of fused-ring (bicyclic) bond motifs is 3. The van der Waals surface area contributed by atoms with Gasteiger partial charge in [0.1, 0.15) is 97.7 Å². The highest BCUT2D eigenvalue weighted by molar-refractivity contribution is 5.77. The van der Waals surface area contributed by atoms with E-state index in [0.29, 0.717) is 51.4 Å². The summed E-state index contributed by atoms with van der Waals surface area (Å²) < 4.78 is 47.0. The maximum atomic E-state index is 14.5. The van der Waals surface area contributed by atoms with E-state index in [1.165, 1.54) is 0 Å².